The van der Waals surface area contributed by atoms with Crippen molar-refractivity contribution < 1.29 is 27.8 Å². The van der Waals surface area contributed by atoms with E-state index in [4.69, 9.17) is 9.47 Å². The van der Waals surface area contributed by atoms with Crippen molar-refractivity contribution in [3.63, 3.8) is 0 Å². The van der Waals surface area contributed by atoms with E-state index in [1.807, 2.05) is 0 Å². The Morgan fingerprint density at radius 2 is 1.96 bits per heavy atom. The van der Waals surface area contributed by atoms with Crippen molar-refractivity contribution in [3.05, 3.63) is 23.8 Å². The van der Waals surface area contributed by atoms with Crippen molar-refractivity contribution in [1.29, 1.82) is 0 Å². The van der Waals surface area contributed by atoms with E-state index in [9.17, 15) is 18.3 Å². The summed E-state index contributed by atoms with van der Waals surface area (Å²) in [6, 6.07) is 5.15. The van der Waals surface area contributed by atoms with E-state index < -0.39 is 18.2 Å². The Morgan fingerprint density at radius 1 is 1.22 bits per heavy atom. The molecule has 2 aliphatic heterocycles. The third kappa shape index (κ3) is 3.90. The molecule has 0 radical (unpaired) electrons. The highest BCUT2D eigenvalue weighted by molar-refractivity contribution is 5.44. The van der Waals surface area contributed by atoms with Gasteiger partial charge in [0, 0.05) is 13.1 Å². The monoisotopic (exact) mass is 331 g/mol. The summed E-state index contributed by atoms with van der Waals surface area (Å²) in [6.45, 7) is 1.65. The summed E-state index contributed by atoms with van der Waals surface area (Å²) in [4.78, 5) is 1.68. The van der Waals surface area contributed by atoms with Crippen molar-refractivity contribution in [2.24, 2.45) is 5.92 Å². The number of nitrogens with zero attached hydrogens (tertiary/aromatic N) is 1. The van der Waals surface area contributed by atoms with Crippen LogP contribution in [-0.2, 0) is 0 Å². The third-order valence-electron chi connectivity index (χ3n) is 4.35. The molecular formula is C16H20F3NO3. The van der Waals surface area contributed by atoms with Crippen molar-refractivity contribution in [2.45, 2.75) is 25.1 Å². The predicted octanol–water partition coefficient (Wildman–Crippen LogP) is 2.77. The van der Waals surface area contributed by atoms with E-state index in [0.717, 1.165) is 0 Å². The fourth-order valence-electron chi connectivity index (χ4n) is 3.11. The van der Waals surface area contributed by atoms with Crippen LogP contribution < -0.4 is 9.47 Å². The van der Waals surface area contributed by atoms with Gasteiger partial charge in [-0.15, -0.1) is 0 Å². The van der Waals surface area contributed by atoms with E-state index in [-0.39, 0.29) is 19.5 Å². The summed E-state index contributed by atoms with van der Waals surface area (Å²) in [5, 5.41) is 10.3. The molecule has 1 N–H and O–H groups in total. The first-order valence-electron chi connectivity index (χ1n) is 7.80. The minimum absolute atomic E-state index is 0.0505. The Hall–Kier alpha value is -1.47. The van der Waals surface area contributed by atoms with Crippen LogP contribution in [-0.4, -0.2) is 49.0 Å². The van der Waals surface area contributed by atoms with Crippen LogP contribution in [0.1, 0.15) is 24.5 Å². The molecule has 128 valence electrons. The maximum Gasteiger partial charge on any atom is 0.393 e. The summed E-state index contributed by atoms with van der Waals surface area (Å²) in [5.74, 6) is -0.106. The van der Waals surface area contributed by atoms with Gasteiger partial charge < -0.3 is 14.6 Å². The summed E-state index contributed by atoms with van der Waals surface area (Å²) < 4.78 is 49.4. The zero-order chi connectivity index (χ0) is 16.4. The Bertz CT molecular complexity index is 550. The first kappa shape index (κ1) is 16.4. The van der Waals surface area contributed by atoms with Gasteiger partial charge in [0.05, 0.1) is 12.0 Å². The van der Waals surface area contributed by atoms with Gasteiger partial charge in [-0.1, -0.05) is 6.07 Å². The lowest BCUT2D eigenvalue weighted by atomic mass is 9.96. The van der Waals surface area contributed by atoms with Gasteiger partial charge in [0.2, 0.25) is 0 Å². The van der Waals surface area contributed by atoms with Crippen LogP contribution in [0.2, 0.25) is 0 Å². The number of halogens is 3. The fraction of sp³-hybridized carbons (Fsp3) is 0.625. The second kappa shape index (κ2) is 6.57. The van der Waals surface area contributed by atoms with Gasteiger partial charge in [0.15, 0.2) is 11.5 Å². The molecule has 0 aliphatic carbocycles. The molecular weight excluding hydrogens is 311 g/mol. The molecule has 7 heteroatoms. The molecule has 0 amide bonds. The van der Waals surface area contributed by atoms with Crippen LogP contribution in [0.4, 0.5) is 13.2 Å². The molecule has 1 fully saturated rings. The lowest BCUT2D eigenvalue weighted by molar-refractivity contribution is -0.187. The molecule has 1 aromatic carbocycles. The molecule has 1 saturated heterocycles. The molecule has 2 unspecified atom stereocenters. The van der Waals surface area contributed by atoms with E-state index in [1.165, 1.54) is 0 Å². The van der Waals surface area contributed by atoms with Crippen molar-refractivity contribution >= 4 is 0 Å². The van der Waals surface area contributed by atoms with Crippen LogP contribution in [0, 0.1) is 5.92 Å². The highest BCUT2D eigenvalue weighted by Crippen LogP contribution is 2.35. The van der Waals surface area contributed by atoms with Crippen molar-refractivity contribution in [2.75, 3.05) is 32.8 Å². The molecule has 0 aromatic heterocycles. The Morgan fingerprint density at radius 3 is 2.70 bits per heavy atom. The van der Waals surface area contributed by atoms with Crippen LogP contribution >= 0.6 is 0 Å². The second-order valence-corrected chi connectivity index (χ2v) is 6.06. The number of ether oxygens (including phenoxy) is 2. The average Bonchev–Trinajstić information content (AvgIpc) is 2.54. The number of hydrogen-bond acceptors (Lipinski definition) is 4. The van der Waals surface area contributed by atoms with Crippen LogP contribution in [0.5, 0.6) is 11.5 Å². The number of likely N-dealkylation sites (tertiary alicyclic amines) is 1. The maximum atomic E-state index is 12.8. The first-order valence-corrected chi connectivity index (χ1v) is 7.80. The third-order valence-corrected chi connectivity index (χ3v) is 4.35. The highest BCUT2D eigenvalue weighted by atomic mass is 19.4. The van der Waals surface area contributed by atoms with Gasteiger partial charge in [-0.05, 0) is 37.1 Å². The molecule has 2 atom stereocenters. The Balaban J connectivity index is 1.63. The number of aliphatic hydroxyl groups excluding tert-OH is 1. The molecule has 23 heavy (non-hydrogen) atoms. The number of piperidine rings is 1. The van der Waals surface area contributed by atoms with Crippen molar-refractivity contribution in [3.8, 4) is 11.5 Å². The van der Waals surface area contributed by atoms with E-state index in [1.54, 1.807) is 23.1 Å². The lowest BCUT2D eigenvalue weighted by Crippen LogP contribution is -2.43. The summed E-state index contributed by atoms with van der Waals surface area (Å²) in [6.07, 6.45) is -4.35. The minimum Gasteiger partial charge on any atom is -0.486 e. The van der Waals surface area contributed by atoms with E-state index >= 15 is 0 Å². The minimum atomic E-state index is -4.17. The Labute approximate surface area is 132 Å². The number of rotatable bonds is 3. The molecule has 4 nitrogen and oxygen atoms in total. The van der Waals surface area contributed by atoms with Gasteiger partial charge in [0.25, 0.3) is 0 Å². The zero-order valence-corrected chi connectivity index (χ0v) is 12.7. The fourth-order valence-corrected chi connectivity index (χ4v) is 3.11. The molecule has 0 spiro atoms. The number of β-amino-alcohol motifs (C(OH)–C–C–N with tert-alkyl or cyclic N) is 1. The number of aliphatic hydroxyl groups is 1. The average molecular weight is 331 g/mol. The molecule has 0 bridgehead atoms. The van der Waals surface area contributed by atoms with Gasteiger partial charge in [0.1, 0.15) is 13.2 Å². The van der Waals surface area contributed by atoms with E-state index in [2.05, 4.69) is 0 Å². The number of hydrogen-bond donors (Lipinski definition) is 1. The number of fused-ring (bicyclic) bond motifs is 1. The molecule has 0 saturated carbocycles. The van der Waals surface area contributed by atoms with Gasteiger partial charge >= 0.3 is 6.18 Å². The van der Waals surface area contributed by atoms with Gasteiger partial charge in [-0.2, -0.15) is 13.2 Å². The van der Waals surface area contributed by atoms with Crippen LogP contribution in [0.15, 0.2) is 18.2 Å². The molecule has 1 aromatic rings. The highest BCUT2D eigenvalue weighted by Gasteiger charge is 2.41. The molecule has 2 aliphatic rings. The summed E-state index contributed by atoms with van der Waals surface area (Å²) in [5.41, 5.74) is 0.628. The zero-order valence-electron chi connectivity index (χ0n) is 12.7. The van der Waals surface area contributed by atoms with Crippen LogP contribution in [0.25, 0.3) is 0 Å². The van der Waals surface area contributed by atoms with Gasteiger partial charge in [-0.3, -0.25) is 4.90 Å². The topological polar surface area (TPSA) is 41.9 Å². The molecule has 3 rings (SSSR count). The van der Waals surface area contributed by atoms with Gasteiger partial charge in [-0.25, -0.2) is 0 Å². The largest absolute Gasteiger partial charge is 0.486 e. The number of benzene rings is 1. The number of alkyl halides is 3. The maximum absolute atomic E-state index is 12.8. The predicted molar refractivity (Wildman–Crippen MR) is 77.6 cm³/mol. The first-order chi connectivity index (χ1) is 10.9. The van der Waals surface area contributed by atoms with E-state index in [0.29, 0.717) is 43.2 Å². The van der Waals surface area contributed by atoms with Crippen LogP contribution in [0.3, 0.4) is 0 Å². The molecule has 2 heterocycles. The normalized spacial score (nSPS) is 23.6. The second-order valence-electron chi connectivity index (χ2n) is 6.06. The Kier molecular flexibility index (Phi) is 4.68. The standard InChI is InChI=1S/C16H20F3NO3/c17-16(18,19)12-2-1-5-20(9-12)10-13(21)11-3-4-14-15(8-11)23-7-6-22-14/h3-4,8,12-13,21H,1-2,5-7,9-10H2. The lowest BCUT2D eigenvalue weighted by Gasteiger charge is -2.34. The summed E-state index contributed by atoms with van der Waals surface area (Å²) in [7, 11) is 0. The van der Waals surface area contributed by atoms with Crippen molar-refractivity contribution in [1.82, 2.24) is 4.90 Å². The summed E-state index contributed by atoms with van der Waals surface area (Å²) >= 11 is 0. The SMILES string of the molecule is OC(CN1CCCC(C(F)(F)F)C1)c1ccc2c(c1)OCCO2. The quantitative estimate of drug-likeness (QED) is 0.925. The smallest absolute Gasteiger partial charge is 0.393 e.